The van der Waals surface area contributed by atoms with E-state index in [2.05, 4.69) is 27.0 Å². The van der Waals surface area contributed by atoms with Crippen molar-refractivity contribution in [2.75, 3.05) is 5.33 Å². The second-order valence-corrected chi connectivity index (χ2v) is 4.57. The zero-order valence-electron chi connectivity index (χ0n) is 7.27. The summed E-state index contributed by atoms with van der Waals surface area (Å²) in [6.45, 7) is 0. The molecule has 0 N–H and O–H groups in total. The van der Waals surface area contributed by atoms with Gasteiger partial charge in [0.15, 0.2) is 0 Å². The number of halogens is 1. The van der Waals surface area contributed by atoms with Crippen molar-refractivity contribution < 1.29 is 0 Å². The van der Waals surface area contributed by atoms with Crippen molar-refractivity contribution in [3.8, 4) is 6.07 Å². The molecule has 70 valence electrons. The first kappa shape index (κ1) is 9.63. The number of hydrogen-bond acceptors (Lipinski definition) is 3. The molecule has 1 unspecified atom stereocenters. The molecule has 0 fully saturated rings. The van der Waals surface area contributed by atoms with Crippen LogP contribution < -0.4 is 0 Å². The maximum Gasteiger partial charge on any atom is 0.112 e. The molecule has 14 heavy (non-hydrogen) atoms. The molecule has 1 heterocycles. The normalized spacial score (nSPS) is 12.6. The lowest BCUT2D eigenvalue weighted by Gasteiger charge is -1.96. The minimum Gasteiger partial charge on any atom is -0.240 e. The van der Waals surface area contributed by atoms with Gasteiger partial charge in [-0.1, -0.05) is 28.1 Å². The lowest BCUT2D eigenvalue weighted by atomic mass is 10.2. The average Bonchev–Trinajstić information content (AvgIpc) is 2.63. The quantitative estimate of drug-likeness (QED) is 0.783. The highest BCUT2D eigenvalue weighted by atomic mass is 79.9. The molecule has 0 spiro atoms. The van der Waals surface area contributed by atoms with Crippen LogP contribution >= 0.6 is 27.3 Å². The number of nitriles is 1. The van der Waals surface area contributed by atoms with Gasteiger partial charge in [-0.25, -0.2) is 4.98 Å². The van der Waals surface area contributed by atoms with Gasteiger partial charge in [-0.15, -0.1) is 11.3 Å². The summed E-state index contributed by atoms with van der Waals surface area (Å²) < 4.78 is 1.14. The van der Waals surface area contributed by atoms with Gasteiger partial charge in [0.25, 0.3) is 0 Å². The number of aromatic nitrogens is 1. The fourth-order valence-corrected chi connectivity index (χ4v) is 2.87. The van der Waals surface area contributed by atoms with E-state index in [0.29, 0.717) is 5.33 Å². The molecule has 0 aliphatic heterocycles. The summed E-state index contributed by atoms with van der Waals surface area (Å²) in [7, 11) is 0. The number of fused-ring (bicyclic) bond motifs is 1. The van der Waals surface area contributed by atoms with E-state index < -0.39 is 0 Å². The zero-order chi connectivity index (χ0) is 9.97. The van der Waals surface area contributed by atoms with Gasteiger partial charge in [-0.05, 0) is 12.1 Å². The number of alkyl halides is 1. The third kappa shape index (κ3) is 1.66. The number of thiazole rings is 1. The second kappa shape index (κ2) is 4.07. The van der Waals surface area contributed by atoms with Gasteiger partial charge in [-0.3, -0.25) is 0 Å². The van der Waals surface area contributed by atoms with Gasteiger partial charge >= 0.3 is 0 Å². The second-order valence-electron chi connectivity index (χ2n) is 2.86. The Balaban J connectivity index is 2.50. The molecular formula is C10H7BrN2S. The van der Waals surface area contributed by atoms with Gasteiger partial charge in [0.2, 0.25) is 0 Å². The lowest BCUT2D eigenvalue weighted by Crippen LogP contribution is -1.94. The Hall–Kier alpha value is -0.920. The summed E-state index contributed by atoms with van der Waals surface area (Å²) in [5, 5.41) is 10.4. The Kier molecular flexibility index (Phi) is 2.80. The topological polar surface area (TPSA) is 36.7 Å². The van der Waals surface area contributed by atoms with Crippen molar-refractivity contribution >= 4 is 37.5 Å². The van der Waals surface area contributed by atoms with Crippen molar-refractivity contribution in [3.63, 3.8) is 0 Å². The smallest absolute Gasteiger partial charge is 0.112 e. The van der Waals surface area contributed by atoms with Gasteiger partial charge in [-0.2, -0.15) is 5.26 Å². The molecule has 2 nitrogen and oxygen atoms in total. The fraction of sp³-hybridized carbons (Fsp3) is 0.200. The maximum absolute atomic E-state index is 8.89. The molecule has 1 aromatic heterocycles. The van der Waals surface area contributed by atoms with Crippen LogP contribution in [0.15, 0.2) is 24.3 Å². The van der Waals surface area contributed by atoms with E-state index in [9.17, 15) is 0 Å². The molecule has 2 aromatic rings. The van der Waals surface area contributed by atoms with Crippen LogP contribution in [0.4, 0.5) is 0 Å². The van der Waals surface area contributed by atoms with Crippen molar-refractivity contribution in [1.29, 1.82) is 5.26 Å². The predicted molar refractivity (Wildman–Crippen MR) is 61.8 cm³/mol. The average molecular weight is 267 g/mol. The monoisotopic (exact) mass is 266 g/mol. The highest BCUT2D eigenvalue weighted by molar-refractivity contribution is 9.09. The van der Waals surface area contributed by atoms with E-state index >= 15 is 0 Å². The Morgan fingerprint density at radius 3 is 2.93 bits per heavy atom. The van der Waals surface area contributed by atoms with Gasteiger partial charge in [0, 0.05) is 5.33 Å². The number of nitrogens with zero attached hydrogens (tertiary/aromatic N) is 2. The van der Waals surface area contributed by atoms with Crippen LogP contribution in [0.5, 0.6) is 0 Å². The van der Waals surface area contributed by atoms with E-state index in [1.165, 1.54) is 0 Å². The van der Waals surface area contributed by atoms with Crippen LogP contribution in [0, 0.1) is 11.3 Å². The molecule has 0 aliphatic rings. The Morgan fingerprint density at radius 2 is 2.29 bits per heavy atom. The van der Waals surface area contributed by atoms with Gasteiger partial charge in [0.05, 0.1) is 16.3 Å². The maximum atomic E-state index is 8.89. The minimum absolute atomic E-state index is 0.132. The number of benzene rings is 1. The third-order valence-corrected chi connectivity index (χ3v) is 3.72. The van der Waals surface area contributed by atoms with E-state index in [4.69, 9.17) is 5.26 Å². The molecule has 1 atom stereocenters. The first-order valence-corrected chi connectivity index (χ1v) is 6.10. The largest absolute Gasteiger partial charge is 0.240 e. The van der Waals surface area contributed by atoms with Crippen LogP contribution in [0.25, 0.3) is 10.2 Å². The SMILES string of the molecule is N#CC(CBr)c1nc2ccccc2s1. The molecule has 0 bridgehead atoms. The number of para-hydroxylation sites is 1. The summed E-state index contributed by atoms with van der Waals surface area (Å²) in [5.41, 5.74) is 0.980. The molecule has 2 rings (SSSR count). The highest BCUT2D eigenvalue weighted by Gasteiger charge is 2.13. The van der Waals surface area contributed by atoms with Crippen molar-refractivity contribution in [2.24, 2.45) is 0 Å². The summed E-state index contributed by atoms with van der Waals surface area (Å²) in [5.74, 6) is -0.132. The Labute approximate surface area is 94.3 Å². The van der Waals surface area contributed by atoms with Crippen LogP contribution in [0.3, 0.4) is 0 Å². The highest BCUT2D eigenvalue weighted by Crippen LogP contribution is 2.27. The first-order chi connectivity index (χ1) is 6.85. The van der Waals surface area contributed by atoms with Crippen molar-refractivity contribution in [1.82, 2.24) is 4.98 Å². The first-order valence-electron chi connectivity index (χ1n) is 4.16. The predicted octanol–water partition coefficient (Wildman–Crippen LogP) is 3.30. The lowest BCUT2D eigenvalue weighted by molar-refractivity contribution is 0.988. The van der Waals surface area contributed by atoms with E-state index in [-0.39, 0.29) is 5.92 Å². The van der Waals surface area contributed by atoms with Crippen LogP contribution in [0.1, 0.15) is 10.9 Å². The molecule has 0 saturated carbocycles. The Bertz CT molecular complexity index is 453. The van der Waals surface area contributed by atoms with Crippen molar-refractivity contribution in [2.45, 2.75) is 5.92 Å². The van der Waals surface area contributed by atoms with Crippen LogP contribution in [-0.4, -0.2) is 10.3 Å². The van der Waals surface area contributed by atoms with E-state index in [1.54, 1.807) is 11.3 Å². The summed E-state index contributed by atoms with van der Waals surface area (Å²) in [6, 6.07) is 10.2. The van der Waals surface area contributed by atoms with E-state index in [0.717, 1.165) is 15.2 Å². The minimum atomic E-state index is -0.132. The molecule has 0 saturated heterocycles. The van der Waals surface area contributed by atoms with Crippen LogP contribution in [0.2, 0.25) is 0 Å². The molecular weight excluding hydrogens is 260 g/mol. The Morgan fingerprint density at radius 1 is 1.50 bits per heavy atom. The molecule has 1 aromatic carbocycles. The summed E-state index contributed by atoms with van der Waals surface area (Å²) >= 11 is 4.91. The van der Waals surface area contributed by atoms with Crippen LogP contribution in [-0.2, 0) is 0 Å². The van der Waals surface area contributed by atoms with Gasteiger partial charge in [0.1, 0.15) is 10.9 Å². The fourth-order valence-electron chi connectivity index (χ4n) is 1.19. The van der Waals surface area contributed by atoms with Gasteiger partial charge < -0.3 is 0 Å². The third-order valence-electron chi connectivity index (χ3n) is 1.92. The standard InChI is InChI=1S/C10H7BrN2S/c11-5-7(6-12)10-13-8-3-1-2-4-9(8)14-10/h1-4,7H,5H2. The molecule has 0 radical (unpaired) electrons. The number of hydrogen-bond donors (Lipinski definition) is 0. The number of rotatable bonds is 2. The molecule has 4 heteroatoms. The summed E-state index contributed by atoms with van der Waals surface area (Å²) in [4.78, 5) is 4.42. The zero-order valence-corrected chi connectivity index (χ0v) is 9.68. The summed E-state index contributed by atoms with van der Waals surface area (Å²) in [6.07, 6.45) is 0. The molecule has 0 aliphatic carbocycles. The molecule has 0 amide bonds. The van der Waals surface area contributed by atoms with Crippen molar-refractivity contribution in [3.05, 3.63) is 29.3 Å². The van der Waals surface area contributed by atoms with E-state index in [1.807, 2.05) is 24.3 Å².